The summed E-state index contributed by atoms with van der Waals surface area (Å²) < 4.78 is 15.8. The third-order valence-corrected chi connectivity index (χ3v) is 2.53. The van der Waals surface area contributed by atoms with Gasteiger partial charge in [-0.3, -0.25) is 0 Å². The minimum Gasteiger partial charge on any atom is -0.459 e. The van der Waals surface area contributed by atoms with Crippen LogP contribution in [0.4, 0.5) is 0 Å². The predicted octanol–water partition coefficient (Wildman–Crippen LogP) is 2.05. The van der Waals surface area contributed by atoms with Crippen LogP contribution in [0.2, 0.25) is 0 Å². The zero-order chi connectivity index (χ0) is 11.5. The van der Waals surface area contributed by atoms with Crippen molar-refractivity contribution in [2.45, 2.75) is 12.3 Å². The number of fused-ring (bicyclic) bond motifs is 1. The normalized spacial score (nSPS) is 13.5. The smallest absolute Gasteiger partial charge is 0.179 e. The number of hydrogen-bond donors (Lipinski definition) is 1. The highest BCUT2D eigenvalue weighted by atomic mass is 16.7. The van der Waals surface area contributed by atoms with Crippen LogP contribution < -0.4 is 5.73 Å². The number of furan rings is 1. The summed E-state index contributed by atoms with van der Waals surface area (Å²) in [6, 6.07) is 9.24. The molecule has 0 spiro atoms. The van der Waals surface area contributed by atoms with Gasteiger partial charge in [-0.15, -0.1) is 0 Å². The van der Waals surface area contributed by atoms with Crippen molar-refractivity contribution in [3.63, 3.8) is 0 Å². The molecule has 86 valence electrons. The molecule has 1 aromatic heterocycles. The van der Waals surface area contributed by atoms with Gasteiger partial charge >= 0.3 is 0 Å². The molecule has 1 unspecified atom stereocenters. The van der Waals surface area contributed by atoms with Crippen LogP contribution in [0.1, 0.15) is 11.8 Å². The Hall–Kier alpha value is -1.36. The molecular weight excluding hydrogens is 206 g/mol. The van der Waals surface area contributed by atoms with E-state index in [2.05, 4.69) is 0 Å². The lowest BCUT2D eigenvalue weighted by atomic mass is 10.2. The van der Waals surface area contributed by atoms with Crippen LogP contribution in [-0.4, -0.2) is 20.5 Å². The van der Waals surface area contributed by atoms with Gasteiger partial charge in [-0.1, -0.05) is 18.2 Å². The number of nitrogens with two attached hydrogens (primary N) is 1. The SMILES string of the molecule is COC(OC)C(N)c1cc2ccccc2o1. The van der Waals surface area contributed by atoms with Crippen LogP contribution in [-0.2, 0) is 9.47 Å². The Morgan fingerprint density at radius 3 is 2.50 bits per heavy atom. The second-order valence-electron chi connectivity index (χ2n) is 3.55. The maximum absolute atomic E-state index is 5.98. The monoisotopic (exact) mass is 221 g/mol. The molecule has 1 atom stereocenters. The van der Waals surface area contributed by atoms with Crippen LogP contribution in [0.5, 0.6) is 0 Å². The first-order chi connectivity index (χ1) is 7.76. The lowest BCUT2D eigenvalue weighted by Crippen LogP contribution is -2.29. The molecule has 0 saturated carbocycles. The maximum atomic E-state index is 5.98. The quantitative estimate of drug-likeness (QED) is 0.803. The van der Waals surface area contributed by atoms with Gasteiger partial charge in [-0.05, 0) is 12.1 Å². The average Bonchev–Trinajstić information content (AvgIpc) is 2.74. The van der Waals surface area contributed by atoms with Crippen molar-refractivity contribution in [1.29, 1.82) is 0 Å². The van der Waals surface area contributed by atoms with Gasteiger partial charge in [0.15, 0.2) is 6.29 Å². The molecule has 0 bridgehead atoms. The molecule has 4 nitrogen and oxygen atoms in total. The van der Waals surface area contributed by atoms with Crippen molar-refractivity contribution in [2.24, 2.45) is 5.73 Å². The Morgan fingerprint density at radius 2 is 1.88 bits per heavy atom. The highest BCUT2D eigenvalue weighted by Crippen LogP contribution is 2.25. The Labute approximate surface area is 93.9 Å². The fourth-order valence-electron chi connectivity index (χ4n) is 1.69. The Balaban J connectivity index is 2.32. The molecular formula is C12H15NO3. The van der Waals surface area contributed by atoms with E-state index >= 15 is 0 Å². The topological polar surface area (TPSA) is 57.6 Å². The molecule has 0 saturated heterocycles. The molecule has 2 N–H and O–H groups in total. The van der Waals surface area contributed by atoms with Gasteiger partial charge in [-0.25, -0.2) is 0 Å². The fraction of sp³-hybridized carbons (Fsp3) is 0.333. The molecule has 0 aliphatic heterocycles. The van der Waals surface area contributed by atoms with Crippen molar-refractivity contribution >= 4 is 11.0 Å². The first kappa shape index (κ1) is 11.1. The molecule has 16 heavy (non-hydrogen) atoms. The second kappa shape index (κ2) is 4.65. The lowest BCUT2D eigenvalue weighted by molar-refractivity contribution is -0.120. The van der Waals surface area contributed by atoms with E-state index in [0.29, 0.717) is 5.76 Å². The maximum Gasteiger partial charge on any atom is 0.179 e. The predicted molar refractivity (Wildman–Crippen MR) is 60.9 cm³/mol. The summed E-state index contributed by atoms with van der Waals surface area (Å²) in [4.78, 5) is 0. The van der Waals surface area contributed by atoms with Crippen LogP contribution in [0, 0.1) is 0 Å². The Morgan fingerprint density at radius 1 is 1.19 bits per heavy atom. The van der Waals surface area contributed by atoms with Crippen molar-refractivity contribution in [1.82, 2.24) is 0 Å². The summed E-state index contributed by atoms with van der Waals surface area (Å²) in [7, 11) is 3.10. The fourth-order valence-corrected chi connectivity index (χ4v) is 1.69. The molecule has 4 heteroatoms. The van der Waals surface area contributed by atoms with E-state index in [0.717, 1.165) is 11.0 Å². The highest BCUT2D eigenvalue weighted by molar-refractivity contribution is 5.77. The number of rotatable bonds is 4. The van der Waals surface area contributed by atoms with Crippen molar-refractivity contribution in [2.75, 3.05) is 14.2 Å². The Bertz CT molecular complexity index is 429. The summed E-state index contributed by atoms with van der Waals surface area (Å²) >= 11 is 0. The van der Waals surface area contributed by atoms with Gasteiger partial charge in [-0.2, -0.15) is 0 Å². The van der Waals surface area contributed by atoms with Crippen molar-refractivity contribution in [3.05, 3.63) is 36.1 Å². The first-order valence-corrected chi connectivity index (χ1v) is 5.06. The summed E-state index contributed by atoms with van der Waals surface area (Å²) in [5.41, 5.74) is 6.80. The third kappa shape index (κ3) is 1.95. The van der Waals surface area contributed by atoms with Gasteiger partial charge in [0, 0.05) is 19.6 Å². The number of para-hydroxylation sites is 1. The molecule has 0 amide bonds. The van der Waals surface area contributed by atoms with Gasteiger partial charge in [0.2, 0.25) is 0 Å². The van der Waals surface area contributed by atoms with E-state index in [-0.39, 0.29) is 0 Å². The minimum absolute atomic E-state index is 0.428. The third-order valence-electron chi connectivity index (χ3n) is 2.53. The van der Waals surface area contributed by atoms with E-state index in [4.69, 9.17) is 19.6 Å². The lowest BCUT2D eigenvalue weighted by Gasteiger charge is -2.18. The molecule has 0 radical (unpaired) electrons. The molecule has 1 aromatic carbocycles. The largest absolute Gasteiger partial charge is 0.459 e. The average molecular weight is 221 g/mol. The molecule has 1 heterocycles. The second-order valence-corrected chi connectivity index (χ2v) is 3.55. The van der Waals surface area contributed by atoms with Crippen molar-refractivity contribution < 1.29 is 13.9 Å². The molecule has 0 aliphatic carbocycles. The number of benzene rings is 1. The van der Waals surface area contributed by atoms with Gasteiger partial charge in [0.1, 0.15) is 17.4 Å². The minimum atomic E-state index is -0.499. The van der Waals surface area contributed by atoms with E-state index in [1.165, 1.54) is 0 Å². The summed E-state index contributed by atoms with van der Waals surface area (Å²) in [6.07, 6.45) is -0.499. The van der Waals surface area contributed by atoms with Gasteiger partial charge in [0.25, 0.3) is 0 Å². The van der Waals surface area contributed by atoms with Crippen LogP contribution in [0.3, 0.4) is 0 Å². The number of ether oxygens (including phenoxy) is 2. The summed E-state index contributed by atoms with van der Waals surface area (Å²) in [5, 5.41) is 1.03. The van der Waals surface area contributed by atoms with Crippen molar-refractivity contribution in [3.8, 4) is 0 Å². The zero-order valence-electron chi connectivity index (χ0n) is 9.34. The van der Waals surface area contributed by atoms with Gasteiger partial charge < -0.3 is 19.6 Å². The van der Waals surface area contributed by atoms with E-state index in [1.807, 2.05) is 30.3 Å². The van der Waals surface area contributed by atoms with E-state index < -0.39 is 12.3 Å². The highest BCUT2D eigenvalue weighted by Gasteiger charge is 2.22. The van der Waals surface area contributed by atoms with Gasteiger partial charge in [0.05, 0.1) is 0 Å². The van der Waals surface area contributed by atoms with Crippen LogP contribution in [0.25, 0.3) is 11.0 Å². The molecule has 2 rings (SSSR count). The Kier molecular flexibility index (Phi) is 3.24. The first-order valence-electron chi connectivity index (χ1n) is 5.06. The van der Waals surface area contributed by atoms with Crippen LogP contribution >= 0.6 is 0 Å². The zero-order valence-corrected chi connectivity index (χ0v) is 9.34. The molecule has 0 fully saturated rings. The summed E-state index contributed by atoms with van der Waals surface area (Å²) in [6.45, 7) is 0. The van der Waals surface area contributed by atoms with Crippen LogP contribution in [0.15, 0.2) is 34.7 Å². The molecule has 0 aliphatic rings. The standard InChI is InChI=1S/C12H15NO3/c1-14-12(15-2)11(13)10-7-8-5-3-4-6-9(8)16-10/h3-7,11-12H,13H2,1-2H3. The summed E-state index contributed by atoms with van der Waals surface area (Å²) in [5.74, 6) is 0.662. The van der Waals surface area contributed by atoms with E-state index in [9.17, 15) is 0 Å². The number of hydrogen-bond acceptors (Lipinski definition) is 4. The van der Waals surface area contributed by atoms with E-state index in [1.54, 1.807) is 14.2 Å². The number of methoxy groups -OCH3 is 2. The molecule has 2 aromatic rings.